The second-order valence-corrected chi connectivity index (χ2v) is 14.7. The minimum Gasteiger partial charge on any atom is -0.389 e. The van der Waals surface area contributed by atoms with Crippen molar-refractivity contribution in [1.29, 1.82) is 0 Å². The first kappa shape index (κ1) is 28.4. The number of halogens is 2. The molecule has 1 aromatic carbocycles. The average Bonchev–Trinajstić information content (AvgIpc) is 3.24. The molecule has 0 saturated heterocycles. The lowest BCUT2D eigenvalue weighted by Crippen LogP contribution is -2.45. The molecule has 2 unspecified atom stereocenters. The van der Waals surface area contributed by atoms with Gasteiger partial charge in [-0.05, 0) is 50.8 Å². The highest BCUT2D eigenvalue weighted by Crippen LogP contribution is 2.34. The summed E-state index contributed by atoms with van der Waals surface area (Å²) in [5.41, 5.74) is -0.174. The molecule has 1 fully saturated rings. The Morgan fingerprint density at radius 3 is 2.60 bits per heavy atom. The zero-order valence-electron chi connectivity index (χ0n) is 21.7. The third kappa shape index (κ3) is 5.82. The molecule has 2 N–H and O–H groups in total. The van der Waals surface area contributed by atoms with Crippen molar-refractivity contribution in [3.05, 3.63) is 65.3 Å². The van der Waals surface area contributed by atoms with Gasteiger partial charge in [0.1, 0.15) is 9.84 Å². The van der Waals surface area contributed by atoms with E-state index in [9.17, 15) is 26.3 Å². The highest BCUT2D eigenvalue weighted by Gasteiger charge is 2.37. The molecule has 0 amide bonds. The van der Waals surface area contributed by atoms with Crippen LogP contribution in [0.15, 0.2) is 53.8 Å². The van der Waals surface area contributed by atoms with E-state index in [4.69, 9.17) is 11.6 Å². The van der Waals surface area contributed by atoms with Crippen LogP contribution in [0.3, 0.4) is 0 Å². The first-order chi connectivity index (χ1) is 18.7. The van der Waals surface area contributed by atoms with Crippen LogP contribution in [-0.4, -0.2) is 64.5 Å². The van der Waals surface area contributed by atoms with Gasteiger partial charge in [0.25, 0.3) is 10.0 Å². The van der Waals surface area contributed by atoms with E-state index in [0.717, 1.165) is 22.0 Å². The Kier molecular flexibility index (Phi) is 7.36. The molecule has 0 bridgehead atoms. The molecule has 3 heterocycles. The van der Waals surface area contributed by atoms with Gasteiger partial charge in [0, 0.05) is 35.6 Å². The molecule has 14 heteroatoms. The number of nitrogens with one attached hydrogen (secondary N) is 1. The van der Waals surface area contributed by atoms with Crippen molar-refractivity contribution in [2.24, 2.45) is 0 Å². The van der Waals surface area contributed by atoms with E-state index in [2.05, 4.69) is 20.3 Å². The van der Waals surface area contributed by atoms with Crippen LogP contribution >= 0.6 is 11.6 Å². The zero-order chi connectivity index (χ0) is 28.9. The number of hydrogen-bond donors (Lipinski definition) is 2. The molecule has 4 aromatic rings. The van der Waals surface area contributed by atoms with Gasteiger partial charge in [0.05, 0.1) is 27.5 Å². The van der Waals surface area contributed by atoms with E-state index in [1.807, 2.05) is 6.92 Å². The Bertz CT molecular complexity index is 1810. The monoisotopic (exact) mass is 607 g/mol. The van der Waals surface area contributed by atoms with Crippen LogP contribution in [0.1, 0.15) is 31.2 Å². The molecule has 5 rings (SSSR count). The standard InChI is InChI=1S/C26H27ClFN5O5S2/c1-16-5-7-19(8-6-16)40(37,38)33-14-21(20-10-17(27)12-30-25(20)33)23-29-13-22(28)24(32-23)31-18-4-3-9-26(34,11-18)15-39(2,35)36/h5-8,10,12-14,18,34H,3-4,9,11,15H2,1-2H3,(H,29,31,32). The van der Waals surface area contributed by atoms with E-state index >= 15 is 0 Å². The third-order valence-corrected chi connectivity index (χ3v) is 9.77. The summed E-state index contributed by atoms with van der Waals surface area (Å²) in [6.45, 7) is 1.85. The number of aromatic nitrogens is 4. The quantitative estimate of drug-likeness (QED) is 0.319. The zero-order valence-corrected chi connectivity index (χ0v) is 24.1. The summed E-state index contributed by atoms with van der Waals surface area (Å²) in [6, 6.07) is 7.46. The molecule has 0 radical (unpaired) electrons. The summed E-state index contributed by atoms with van der Waals surface area (Å²) in [7, 11) is -7.49. The lowest BCUT2D eigenvalue weighted by molar-refractivity contribution is 0.0214. The molecule has 1 aliphatic carbocycles. The molecule has 0 spiro atoms. The van der Waals surface area contributed by atoms with Gasteiger partial charge >= 0.3 is 0 Å². The Morgan fingerprint density at radius 1 is 1.18 bits per heavy atom. The fourth-order valence-electron chi connectivity index (χ4n) is 5.11. The average molecular weight is 608 g/mol. The van der Waals surface area contributed by atoms with E-state index in [1.54, 1.807) is 12.1 Å². The van der Waals surface area contributed by atoms with Gasteiger partial charge in [-0.3, -0.25) is 0 Å². The van der Waals surface area contributed by atoms with Gasteiger partial charge in [-0.15, -0.1) is 0 Å². The van der Waals surface area contributed by atoms with Gasteiger partial charge in [-0.2, -0.15) is 0 Å². The van der Waals surface area contributed by atoms with E-state index in [1.165, 1.54) is 30.6 Å². The number of benzene rings is 1. The Hall–Kier alpha value is -3.13. The fraction of sp³-hybridized carbons (Fsp3) is 0.346. The van der Waals surface area contributed by atoms with Crippen LogP contribution in [0.4, 0.5) is 10.2 Å². The van der Waals surface area contributed by atoms with Crippen molar-refractivity contribution >= 4 is 48.3 Å². The van der Waals surface area contributed by atoms with Crippen LogP contribution in [0.5, 0.6) is 0 Å². The first-order valence-corrected chi connectivity index (χ1v) is 16.3. The lowest BCUT2D eigenvalue weighted by atomic mass is 9.83. The Balaban J connectivity index is 1.54. The number of aryl methyl sites for hydroxylation is 1. The Morgan fingerprint density at radius 2 is 1.90 bits per heavy atom. The maximum absolute atomic E-state index is 14.9. The van der Waals surface area contributed by atoms with Crippen molar-refractivity contribution in [1.82, 2.24) is 18.9 Å². The van der Waals surface area contributed by atoms with Crippen molar-refractivity contribution in [2.45, 2.75) is 49.1 Å². The molecule has 3 aromatic heterocycles. The van der Waals surface area contributed by atoms with Gasteiger partial charge in [0.15, 0.2) is 23.1 Å². The van der Waals surface area contributed by atoms with Gasteiger partial charge in [-0.1, -0.05) is 29.3 Å². The van der Waals surface area contributed by atoms with Crippen LogP contribution < -0.4 is 5.32 Å². The molecule has 10 nitrogen and oxygen atoms in total. The minimum absolute atomic E-state index is 0.0260. The number of nitrogens with zero attached hydrogens (tertiary/aromatic N) is 4. The topological polar surface area (TPSA) is 144 Å². The molecule has 1 aliphatic rings. The summed E-state index contributed by atoms with van der Waals surface area (Å²) in [5, 5.41) is 14.4. The summed E-state index contributed by atoms with van der Waals surface area (Å²) in [5.74, 6) is -1.28. The molecule has 212 valence electrons. The molecular weight excluding hydrogens is 581 g/mol. The van der Waals surface area contributed by atoms with E-state index in [-0.39, 0.29) is 39.2 Å². The number of aliphatic hydroxyl groups is 1. The predicted molar refractivity (Wildman–Crippen MR) is 150 cm³/mol. The second kappa shape index (κ2) is 10.4. The summed E-state index contributed by atoms with van der Waals surface area (Å²) >= 11 is 6.19. The summed E-state index contributed by atoms with van der Waals surface area (Å²) in [6.07, 6.45) is 6.20. The third-order valence-electron chi connectivity index (χ3n) is 6.83. The number of pyridine rings is 1. The second-order valence-electron chi connectivity index (χ2n) is 10.3. The van der Waals surface area contributed by atoms with Crippen LogP contribution in [0.2, 0.25) is 5.02 Å². The SMILES string of the molecule is Cc1ccc(S(=O)(=O)n2cc(-c3ncc(F)c(NC4CCCC(O)(CS(C)(=O)=O)C4)n3)c3cc(Cl)cnc32)cc1. The lowest BCUT2D eigenvalue weighted by Gasteiger charge is -2.36. The number of rotatable bonds is 7. The molecule has 1 saturated carbocycles. The molecule has 2 atom stereocenters. The highest BCUT2D eigenvalue weighted by atomic mass is 35.5. The molecular formula is C26H27ClFN5O5S2. The van der Waals surface area contributed by atoms with Gasteiger partial charge in [-0.25, -0.2) is 40.2 Å². The van der Waals surface area contributed by atoms with Crippen molar-refractivity contribution in [3.63, 3.8) is 0 Å². The number of hydrogen-bond acceptors (Lipinski definition) is 9. The minimum atomic E-state index is -4.06. The Labute approximate surface area is 236 Å². The normalized spacial score (nSPS) is 20.1. The molecule has 0 aliphatic heterocycles. The maximum Gasteiger partial charge on any atom is 0.269 e. The van der Waals surface area contributed by atoms with Gasteiger partial charge < -0.3 is 10.4 Å². The maximum atomic E-state index is 14.9. The fourth-order valence-corrected chi connectivity index (χ4v) is 7.83. The number of anilines is 1. The van der Waals surface area contributed by atoms with Crippen LogP contribution in [0, 0.1) is 12.7 Å². The summed E-state index contributed by atoms with van der Waals surface area (Å²) in [4.78, 5) is 12.7. The number of fused-ring (bicyclic) bond motifs is 1. The van der Waals surface area contributed by atoms with E-state index < -0.39 is 43.1 Å². The van der Waals surface area contributed by atoms with Crippen molar-refractivity contribution in [2.75, 3.05) is 17.3 Å². The predicted octanol–water partition coefficient (Wildman–Crippen LogP) is 3.96. The van der Waals surface area contributed by atoms with Gasteiger partial charge in [0.2, 0.25) is 0 Å². The largest absolute Gasteiger partial charge is 0.389 e. The van der Waals surface area contributed by atoms with Crippen LogP contribution in [0.25, 0.3) is 22.4 Å². The van der Waals surface area contributed by atoms with Crippen molar-refractivity contribution in [3.8, 4) is 11.4 Å². The first-order valence-electron chi connectivity index (χ1n) is 12.4. The summed E-state index contributed by atoms with van der Waals surface area (Å²) < 4.78 is 66.6. The molecule has 40 heavy (non-hydrogen) atoms. The number of sulfone groups is 1. The van der Waals surface area contributed by atoms with Crippen molar-refractivity contribution < 1.29 is 26.3 Å². The highest BCUT2D eigenvalue weighted by molar-refractivity contribution is 7.90. The van der Waals surface area contributed by atoms with E-state index in [0.29, 0.717) is 24.6 Å². The smallest absolute Gasteiger partial charge is 0.269 e. The van der Waals surface area contributed by atoms with Crippen LogP contribution in [-0.2, 0) is 19.9 Å².